The standard InChI is InChI=1S/C18H21F5O/c1-2-12-3-7-14(8-4-12)16(17(19)20)24-11-13-5-9-15(10-6-13)18(21,22)23/h2,5-6,9-10,12,14,16-17H,1,3-4,7-8,11H2. The van der Waals surface area contributed by atoms with E-state index in [0.717, 1.165) is 25.0 Å². The van der Waals surface area contributed by atoms with E-state index >= 15 is 0 Å². The van der Waals surface area contributed by atoms with Crippen LogP contribution in [0, 0.1) is 11.8 Å². The normalized spacial score (nSPS) is 23.2. The summed E-state index contributed by atoms with van der Waals surface area (Å²) in [5.41, 5.74) is -0.312. The third kappa shape index (κ3) is 5.03. The summed E-state index contributed by atoms with van der Waals surface area (Å²) < 4.78 is 69.5. The van der Waals surface area contributed by atoms with Crippen molar-refractivity contribution in [2.45, 2.75) is 51.0 Å². The molecular formula is C18H21F5O. The Hall–Kier alpha value is -1.43. The predicted octanol–water partition coefficient (Wildman–Crippen LogP) is 5.85. The zero-order chi connectivity index (χ0) is 17.7. The molecule has 1 aliphatic carbocycles. The van der Waals surface area contributed by atoms with Gasteiger partial charge in [0.1, 0.15) is 6.10 Å². The average molecular weight is 348 g/mol. The largest absolute Gasteiger partial charge is 0.416 e. The van der Waals surface area contributed by atoms with Gasteiger partial charge >= 0.3 is 6.18 Å². The summed E-state index contributed by atoms with van der Waals surface area (Å²) in [5, 5.41) is 0. The van der Waals surface area contributed by atoms with Crippen LogP contribution in [0.1, 0.15) is 36.8 Å². The Balaban J connectivity index is 1.93. The Labute approximate surface area is 138 Å². The highest BCUT2D eigenvalue weighted by Gasteiger charge is 2.33. The summed E-state index contributed by atoms with van der Waals surface area (Å²) in [6, 6.07) is 4.40. The van der Waals surface area contributed by atoms with Gasteiger partial charge in [0, 0.05) is 0 Å². The first-order chi connectivity index (χ1) is 11.3. The van der Waals surface area contributed by atoms with E-state index in [1.54, 1.807) is 0 Å². The molecule has 134 valence electrons. The Bertz CT molecular complexity index is 515. The lowest BCUT2D eigenvalue weighted by molar-refractivity contribution is -0.137. The van der Waals surface area contributed by atoms with Crippen LogP contribution in [0.4, 0.5) is 22.0 Å². The van der Waals surface area contributed by atoms with E-state index in [2.05, 4.69) is 6.58 Å². The fourth-order valence-electron chi connectivity index (χ4n) is 3.11. The average Bonchev–Trinajstić information content (AvgIpc) is 2.55. The monoisotopic (exact) mass is 348 g/mol. The summed E-state index contributed by atoms with van der Waals surface area (Å²) >= 11 is 0. The summed E-state index contributed by atoms with van der Waals surface area (Å²) in [7, 11) is 0. The molecule has 0 amide bonds. The first-order valence-electron chi connectivity index (χ1n) is 7.99. The maximum atomic E-state index is 13.3. The molecule has 0 spiro atoms. The van der Waals surface area contributed by atoms with Gasteiger partial charge in [0.25, 0.3) is 6.43 Å². The summed E-state index contributed by atoms with van der Waals surface area (Å²) in [5.74, 6) is 0.144. The fourth-order valence-corrected chi connectivity index (χ4v) is 3.11. The molecule has 0 saturated heterocycles. The molecular weight excluding hydrogens is 327 g/mol. The van der Waals surface area contributed by atoms with Crippen LogP contribution in [0.5, 0.6) is 0 Å². The highest BCUT2D eigenvalue weighted by atomic mass is 19.4. The molecule has 1 aliphatic rings. The number of rotatable bonds is 6. The number of ether oxygens (including phenoxy) is 1. The van der Waals surface area contributed by atoms with Gasteiger partial charge in [0.2, 0.25) is 0 Å². The summed E-state index contributed by atoms with van der Waals surface area (Å²) in [6.07, 6.45) is -3.40. The molecule has 0 aromatic heterocycles. The SMILES string of the molecule is C=CC1CCC(C(OCc2ccc(C(F)(F)F)cc2)C(F)F)CC1. The van der Waals surface area contributed by atoms with Crippen molar-refractivity contribution >= 4 is 0 Å². The van der Waals surface area contributed by atoms with Crippen LogP contribution in [0.2, 0.25) is 0 Å². The van der Waals surface area contributed by atoms with Crippen LogP contribution in [-0.2, 0) is 17.5 Å². The second-order valence-electron chi connectivity index (χ2n) is 6.22. The second-order valence-corrected chi connectivity index (χ2v) is 6.22. The van der Waals surface area contributed by atoms with Gasteiger partial charge in [-0.3, -0.25) is 0 Å². The van der Waals surface area contributed by atoms with Crippen molar-refractivity contribution in [1.82, 2.24) is 0 Å². The minimum atomic E-state index is -4.41. The van der Waals surface area contributed by atoms with Crippen molar-refractivity contribution in [1.29, 1.82) is 0 Å². The Morgan fingerprint density at radius 2 is 1.67 bits per heavy atom. The lowest BCUT2D eigenvalue weighted by Gasteiger charge is -2.32. The van der Waals surface area contributed by atoms with Crippen molar-refractivity contribution in [3.63, 3.8) is 0 Å². The molecule has 0 heterocycles. The van der Waals surface area contributed by atoms with Crippen LogP contribution >= 0.6 is 0 Å². The third-order valence-electron chi connectivity index (χ3n) is 4.59. The Morgan fingerprint density at radius 3 is 2.12 bits per heavy atom. The van der Waals surface area contributed by atoms with E-state index in [1.807, 2.05) is 6.08 Å². The van der Waals surface area contributed by atoms with Crippen LogP contribution < -0.4 is 0 Å². The van der Waals surface area contributed by atoms with Gasteiger partial charge in [-0.15, -0.1) is 6.58 Å². The Morgan fingerprint density at radius 1 is 1.08 bits per heavy atom. The van der Waals surface area contributed by atoms with Gasteiger partial charge in [0.15, 0.2) is 0 Å². The number of hydrogen-bond acceptors (Lipinski definition) is 1. The molecule has 0 bridgehead atoms. The van der Waals surface area contributed by atoms with E-state index in [9.17, 15) is 22.0 Å². The van der Waals surface area contributed by atoms with Gasteiger partial charge in [-0.05, 0) is 55.2 Å². The molecule has 1 aromatic rings. The van der Waals surface area contributed by atoms with Gasteiger partial charge < -0.3 is 4.74 Å². The van der Waals surface area contributed by atoms with Gasteiger partial charge in [-0.1, -0.05) is 18.2 Å². The lowest BCUT2D eigenvalue weighted by atomic mass is 9.79. The number of alkyl halides is 5. The molecule has 1 saturated carbocycles. The van der Waals surface area contributed by atoms with Crippen LogP contribution in [0.3, 0.4) is 0 Å². The summed E-state index contributed by atoms with van der Waals surface area (Å²) in [4.78, 5) is 0. The van der Waals surface area contributed by atoms with Gasteiger partial charge in [-0.25, -0.2) is 8.78 Å². The fraction of sp³-hybridized carbons (Fsp3) is 0.556. The van der Waals surface area contributed by atoms with Crippen molar-refractivity contribution in [2.75, 3.05) is 0 Å². The third-order valence-corrected chi connectivity index (χ3v) is 4.59. The topological polar surface area (TPSA) is 9.23 Å². The second kappa shape index (κ2) is 8.10. The van der Waals surface area contributed by atoms with E-state index in [4.69, 9.17) is 4.74 Å². The molecule has 1 fully saturated rings. The predicted molar refractivity (Wildman–Crippen MR) is 81.7 cm³/mol. The van der Waals surface area contributed by atoms with Gasteiger partial charge in [0.05, 0.1) is 12.2 Å². The van der Waals surface area contributed by atoms with Crippen LogP contribution in [0.15, 0.2) is 36.9 Å². The van der Waals surface area contributed by atoms with Gasteiger partial charge in [-0.2, -0.15) is 13.2 Å². The molecule has 6 heteroatoms. The molecule has 1 aromatic carbocycles. The van der Waals surface area contributed by atoms with Crippen LogP contribution in [0.25, 0.3) is 0 Å². The van der Waals surface area contributed by atoms with E-state index in [0.29, 0.717) is 24.3 Å². The first kappa shape index (κ1) is 18.9. The molecule has 0 aliphatic heterocycles. The van der Waals surface area contributed by atoms with Crippen molar-refractivity contribution in [3.8, 4) is 0 Å². The highest BCUT2D eigenvalue weighted by molar-refractivity contribution is 5.24. The highest BCUT2D eigenvalue weighted by Crippen LogP contribution is 2.35. The van der Waals surface area contributed by atoms with Crippen molar-refractivity contribution in [3.05, 3.63) is 48.0 Å². The van der Waals surface area contributed by atoms with E-state index in [-0.39, 0.29) is 12.5 Å². The minimum absolute atomic E-state index is 0.117. The molecule has 1 unspecified atom stereocenters. The lowest BCUT2D eigenvalue weighted by Crippen LogP contribution is -2.33. The molecule has 1 atom stereocenters. The number of halogens is 5. The summed E-state index contributed by atoms with van der Waals surface area (Å²) in [6.45, 7) is 3.61. The smallest absolute Gasteiger partial charge is 0.367 e. The Kier molecular flexibility index (Phi) is 6.38. The maximum absolute atomic E-state index is 13.3. The number of allylic oxidation sites excluding steroid dienone is 1. The number of benzene rings is 1. The van der Waals surface area contributed by atoms with Crippen molar-refractivity contribution in [2.24, 2.45) is 11.8 Å². The number of hydrogen-bond donors (Lipinski definition) is 0. The molecule has 0 N–H and O–H groups in total. The quantitative estimate of drug-likeness (QED) is 0.463. The maximum Gasteiger partial charge on any atom is 0.416 e. The molecule has 2 rings (SSSR count). The molecule has 24 heavy (non-hydrogen) atoms. The molecule has 1 nitrogen and oxygen atoms in total. The van der Waals surface area contributed by atoms with E-state index in [1.165, 1.54) is 12.1 Å². The zero-order valence-electron chi connectivity index (χ0n) is 13.2. The van der Waals surface area contributed by atoms with E-state index < -0.39 is 24.3 Å². The first-order valence-corrected chi connectivity index (χ1v) is 7.99. The minimum Gasteiger partial charge on any atom is -0.367 e. The molecule has 0 radical (unpaired) electrons. The van der Waals surface area contributed by atoms with Crippen molar-refractivity contribution < 1.29 is 26.7 Å². The zero-order valence-corrected chi connectivity index (χ0v) is 13.2. The van der Waals surface area contributed by atoms with Crippen LogP contribution in [-0.4, -0.2) is 12.5 Å².